The van der Waals surface area contributed by atoms with Gasteiger partial charge in [0.1, 0.15) is 12.4 Å². The van der Waals surface area contributed by atoms with Gasteiger partial charge in [0, 0.05) is 31.5 Å². The normalized spacial score (nSPS) is 17.6. The van der Waals surface area contributed by atoms with Crippen LogP contribution in [0.25, 0.3) is 0 Å². The molecule has 1 unspecified atom stereocenters. The molecular formula is C19H26N4O2. The Kier molecular flexibility index (Phi) is 5.38. The molecule has 134 valence electrons. The van der Waals surface area contributed by atoms with E-state index < -0.39 is 0 Å². The van der Waals surface area contributed by atoms with Crippen LogP contribution in [0.3, 0.4) is 0 Å². The standard InChI is InChI=1S/C19H26N4O2/c1-14-8-9-23(13-14)10-11-25-17-6-4-16(5-7-17)21-19(24)18-12-20-22(3)15(18)2/h4-7,12,14H,8-11,13H2,1-3H3,(H,21,24). The van der Waals surface area contributed by atoms with Crippen LogP contribution >= 0.6 is 0 Å². The quantitative estimate of drug-likeness (QED) is 0.877. The number of nitrogens with zero attached hydrogens (tertiary/aromatic N) is 3. The molecule has 0 radical (unpaired) electrons. The predicted molar refractivity (Wildman–Crippen MR) is 98.1 cm³/mol. The lowest BCUT2D eigenvalue weighted by Gasteiger charge is -2.15. The Bertz CT molecular complexity index is 724. The van der Waals surface area contributed by atoms with Gasteiger partial charge in [-0.1, -0.05) is 6.92 Å². The van der Waals surface area contributed by atoms with Gasteiger partial charge in [0.05, 0.1) is 11.8 Å². The molecule has 0 spiro atoms. The molecule has 0 bridgehead atoms. The van der Waals surface area contributed by atoms with Crippen LogP contribution in [0.4, 0.5) is 5.69 Å². The minimum absolute atomic E-state index is 0.151. The average Bonchev–Trinajstić information content (AvgIpc) is 3.15. The molecule has 1 atom stereocenters. The first-order chi connectivity index (χ1) is 12.0. The number of aryl methyl sites for hydroxylation is 1. The van der Waals surface area contributed by atoms with Gasteiger partial charge in [-0.25, -0.2) is 0 Å². The Morgan fingerprint density at radius 2 is 2.12 bits per heavy atom. The van der Waals surface area contributed by atoms with Crippen molar-refractivity contribution in [3.63, 3.8) is 0 Å². The van der Waals surface area contributed by atoms with E-state index in [2.05, 4.69) is 22.2 Å². The first-order valence-electron chi connectivity index (χ1n) is 8.78. The lowest BCUT2D eigenvalue weighted by molar-refractivity contribution is 0.102. The number of hydrogen-bond acceptors (Lipinski definition) is 4. The van der Waals surface area contributed by atoms with Crippen molar-refractivity contribution < 1.29 is 9.53 Å². The van der Waals surface area contributed by atoms with E-state index in [1.807, 2.05) is 38.2 Å². The molecule has 2 heterocycles. The maximum Gasteiger partial charge on any atom is 0.259 e. The summed E-state index contributed by atoms with van der Waals surface area (Å²) in [5.41, 5.74) is 2.17. The Morgan fingerprint density at radius 1 is 1.36 bits per heavy atom. The summed E-state index contributed by atoms with van der Waals surface area (Å²) in [5, 5.41) is 6.99. The van der Waals surface area contributed by atoms with E-state index >= 15 is 0 Å². The number of nitrogens with one attached hydrogen (secondary N) is 1. The van der Waals surface area contributed by atoms with Crippen LogP contribution in [0.2, 0.25) is 0 Å². The second kappa shape index (κ2) is 7.70. The van der Waals surface area contributed by atoms with Gasteiger partial charge >= 0.3 is 0 Å². The summed E-state index contributed by atoms with van der Waals surface area (Å²) in [6, 6.07) is 7.49. The van der Waals surface area contributed by atoms with E-state index in [-0.39, 0.29) is 5.91 Å². The number of amides is 1. The molecular weight excluding hydrogens is 316 g/mol. The molecule has 1 aliphatic rings. The smallest absolute Gasteiger partial charge is 0.259 e. The van der Waals surface area contributed by atoms with E-state index in [1.54, 1.807) is 10.9 Å². The summed E-state index contributed by atoms with van der Waals surface area (Å²) in [6.45, 7) is 8.16. The molecule has 1 aromatic heterocycles. The van der Waals surface area contributed by atoms with Gasteiger partial charge in [0.25, 0.3) is 5.91 Å². The second-order valence-corrected chi connectivity index (χ2v) is 6.79. The number of anilines is 1. The molecule has 1 amide bonds. The highest BCUT2D eigenvalue weighted by molar-refractivity contribution is 6.04. The summed E-state index contributed by atoms with van der Waals surface area (Å²) < 4.78 is 7.49. The van der Waals surface area contributed by atoms with E-state index in [0.717, 1.165) is 29.6 Å². The van der Waals surface area contributed by atoms with Gasteiger partial charge in [-0.15, -0.1) is 0 Å². The Balaban J connectivity index is 1.48. The van der Waals surface area contributed by atoms with Crippen molar-refractivity contribution in [2.75, 3.05) is 31.6 Å². The molecule has 2 aromatic rings. The van der Waals surface area contributed by atoms with E-state index in [1.165, 1.54) is 19.5 Å². The lowest BCUT2D eigenvalue weighted by atomic mass is 10.2. The van der Waals surface area contributed by atoms with Crippen LogP contribution in [0.1, 0.15) is 29.4 Å². The van der Waals surface area contributed by atoms with Crippen LogP contribution in [0.5, 0.6) is 5.75 Å². The van der Waals surface area contributed by atoms with Crippen LogP contribution in [-0.2, 0) is 7.05 Å². The van der Waals surface area contributed by atoms with Crippen molar-refractivity contribution in [1.29, 1.82) is 0 Å². The van der Waals surface area contributed by atoms with Crippen molar-refractivity contribution >= 4 is 11.6 Å². The number of likely N-dealkylation sites (tertiary alicyclic amines) is 1. The fourth-order valence-electron chi connectivity index (χ4n) is 3.08. The molecule has 1 aliphatic heterocycles. The topological polar surface area (TPSA) is 59.4 Å². The van der Waals surface area contributed by atoms with Gasteiger partial charge in [-0.3, -0.25) is 14.4 Å². The molecule has 6 nitrogen and oxygen atoms in total. The van der Waals surface area contributed by atoms with Gasteiger partial charge in [-0.05, 0) is 50.1 Å². The highest BCUT2D eigenvalue weighted by Crippen LogP contribution is 2.18. The number of rotatable bonds is 6. The SMILES string of the molecule is Cc1c(C(=O)Nc2ccc(OCCN3CCC(C)C3)cc2)cnn1C. The number of ether oxygens (including phenoxy) is 1. The zero-order valence-electron chi connectivity index (χ0n) is 15.2. The van der Waals surface area contributed by atoms with E-state index in [0.29, 0.717) is 12.2 Å². The fraction of sp³-hybridized carbons (Fsp3) is 0.474. The number of hydrogen-bond donors (Lipinski definition) is 1. The largest absolute Gasteiger partial charge is 0.492 e. The van der Waals surface area contributed by atoms with Crippen molar-refractivity contribution in [2.45, 2.75) is 20.3 Å². The number of carbonyl (C=O) groups is 1. The van der Waals surface area contributed by atoms with Gasteiger partial charge < -0.3 is 10.1 Å². The van der Waals surface area contributed by atoms with Crippen molar-refractivity contribution in [3.05, 3.63) is 41.7 Å². The molecule has 1 aromatic carbocycles. The Morgan fingerprint density at radius 3 is 2.72 bits per heavy atom. The summed E-state index contributed by atoms with van der Waals surface area (Å²) in [7, 11) is 1.82. The molecule has 3 rings (SSSR count). The van der Waals surface area contributed by atoms with Gasteiger partial charge in [0.15, 0.2) is 0 Å². The fourth-order valence-corrected chi connectivity index (χ4v) is 3.08. The van der Waals surface area contributed by atoms with Crippen LogP contribution in [-0.4, -0.2) is 46.8 Å². The van der Waals surface area contributed by atoms with Crippen molar-refractivity contribution in [3.8, 4) is 5.75 Å². The van der Waals surface area contributed by atoms with Crippen LogP contribution < -0.4 is 10.1 Å². The highest BCUT2D eigenvalue weighted by Gasteiger charge is 2.18. The van der Waals surface area contributed by atoms with Gasteiger partial charge in [0.2, 0.25) is 0 Å². The first kappa shape index (κ1) is 17.5. The molecule has 1 saturated heterocycles. The summed E-state index contributed by atoms with van der Waals surface area (Å²) in [6.07, 6.45) is 2.87. The number of aromatic nitrogens is 2. The minimum Gasteiger partial charge on any atom is -0.492 e. The monoisotopic (exact) mass is 342 g/mol. The lowest BCUT2D eigenvalue weighted by Crippen LogP contribution is -2.25. The zero-order chi connectivity index (χ0) is 17.8. The summed E-state index contributed by atoms with van der Waals surface area (Å²) in [4.78, 5) is 14.7. The maximum absolute atomic E-state index is 12.3. The van der Waals surface area contributed by atoms with Crippen LogP contribution in [0, 0.1) is 12.8 Å². The molecule has 6 heteroatoms. The van der Waals surface area contributed by atoms with Crippen molar-refractivity contribution in [2.24, 2.45) is 13.0 Å². The zero-order valence-corrected chi connectivity index (χ0v) is 15.2. The average molecular weight is 342 g/mol. The Labute approximate surface area is 148 Å². The third kappa shape index (κ3) is 4.39. The van der Waals surface area contributed by atoms with Crippen molar-refractivity contribution in [1.82, 2.24) is 14.7 Å². The molecule has 25 heavy (non-hydrogen) atoms. The van der Waals surface area contributed by atoms with E-state index in [9.17, 15) is 4.79 Å². The Hall–Kier alpha value is -2.34. The number of benzene rings is 1. The molecule has 1 N–H and O–H groups in total. The predicted octanol–water partition coefficient (Wildman–Crippen LogP) is 2.70. The molecule has 0 saturated carbocycles. The summed E-state index contributed by atoms with van der Waals surface area (Å²) in [5.74, 6) is 1.47. The molecule has 0 aliphatic carbocycles. The molecule has 1 fully saturated rings. The third-order valence-electron chi connectivity index (χ3n) is 4.78. The number of carbonyl (C=O) groups excluding carboxylic acids is 1. The summed E-state index contributed by atoms with van der Waals surface area (Å²) >= 11 is 0. The van der Waals surface area contributed by atoms with Crippen LogP contribution in [0.15, 0.2) is 30.5 Å². The second-order valence-electron chi connectivity index (χ2n) is 6.79. The van der Waals surface area contributed by atoms with E-state index in [4.69, 9.17) is 4.74 Å². The van der Waals surface area contributed by atoms with Gasteiger partial charge in [-0.2, -0.15) is 5.10 Å². The minimum atomic E-state index is -0.151. The highest BCUT2D eigenvalue weighted by atomic mass is 16.5. The maximum atomic E-state index is 12.3. The third-order valence-corrected chi connectivity index (χ3v) is 4.78. The first-order valence-corrected chi connectivity index (χ1v) is 8.78.